The van der Waals surface area contributed by atoms with Gasteiger partial charge in [-0.3, -0.25) is 4.79 Å². The van der Waals surface area contributed by atoms with E-state index in [0.717, 1.165) is 12.1 Å². The summed E-state index contributed by atoms with van der Waals surface area (Å²) in [6.45, 7) is 3.62. The number of methoxy groups -OCH3 is 1. The number of rotatable bonds is 7. The molecule has 1 aromatic carbocycles. The van der Waals surface area contributed by atoms with Crippen LogP contribution in [-0.2, 0) is 11.2 Å². The minimum absolute atomic E-state index is 0.0378. The third kappa shape index (κ3) is 4.87. The SMILES string of the molecule is CCNCC(=O)N(C)CCc1ccc(OC)c(F)c1. The molecule has 0 saturated heterocycles. The Balaban J connectivity index is 2.48. The highest BCUT2D eigenvalue weighted by molar-refractivity contribution is 5.77. The summed E-state index contributed by atoms with van der Waals surface area (Å²) in [6, 6.07) is 4.86. The first-order valence-electron chi connectivity index (χ1n) is 6.35. The topological polar surface area (TPSA) is 41.6 Å². The lowest BCUT2D eigenvalue weighted by Crippen LogP contribution is -2.36. The maximum absolute atomic E-state index is 13.5. The number of carbonyl (C=O) groups excluding carboxylic acids is 1. The summed E-state index contributed by atoms with van der Waals surface area (Å²) in [4.78, 5) is 13.3. The van der Waals surface area contributed by atoms with E-state index in [4.69, 9.17) is 4.74 Å². The minimum atomic E-state index is -0.373. The van der Waals surface area contributed by atoms with Crippen LogP contribution in [0.4, 0.5) is 4.39 Å². The Hall–Kier alpha value is -1.62. The number of hydrogen-bond acceptors (Lipinski definition) is 3. The second-order valence-corrected chi connectivity index (χ2v) is 4.31. The zero-order valence-electron chi connectivity index (χ0n) is 11.7. The fraction of sp³-hybridized carbons (Fsp3) is 0.500. The predicted molar refractivity (Wildman–Crippen MR) is 72.8 cm³/mol. The molecule has 0 heterocycles. The molecule has 5 heteroatoms. The Morgan fingerprint density at radius 1 is 1.47 bits per heavy atom. The van der Waals surface area contributed by atoms with E-state index >= 15 is 0 Å². The third-order valence-electron chi connectivity index (χ3n) is 2.90. The van der Waals surface area contributed by atoms with E-state index in [2.05, 4.69) is 5.32 Å². The highest BCUT2D eigenvalue weighted by atomic mass is 19.1. The van der Waals surface area contributed by atoms with Gasteiger partial charge in [-0.15, -0.1) is 0 Å². The van der Waals surface area contributed by atoms with Gasteiger partial charge in [0.05, 0.1) is 13.7 Å². The summed E-state index contributed by atoms with van der Waals surface area (Å²) in [5.74, 6) is -0.0993. The summed E-state index contributed by atoms with van der Waals surface area (Å²) in [5.41, 5.74) is 0.849. The molecule has 0 radical (unpaired) electrons. The molecule has 106 valence electrons. The van der Waals surface area contributed by atoms with Crippen molar-refractivity contribution >= 4 is 5.91 Å². The largest absolute Gasteiger partial charge is 0.494 e. The van der Waals surface area contributed by atoms with Crippen LogP contribution in [0.3, 0.4) is 0 Å². The van der Waals surface area contributed by atoms with Gasteiger partial charge in [0.25, 0.3) is 0 Å². The summed E-state index contributed by atoms with van der Waals surface area (Å²) in [6.07, 6.45) is 0.620. The number of hydrogen-bond donors (Lipinski definition) is 1. The van der Waals surface area contributed by atoms with E-state index < -0.39 is 0 Å². The van der Waals surface area contributed by atoms with Crippen LogP contribution in [0.2, 0.25) is 0 Å². The van der Waals surface area contributed by atoms with Gasteiger partial charge in [0, 0.05) is 13.6 Å². The van der Waals surface area contributed by atoms with Crippen LogP contribution < -0.4 is 10.1 Å². The fourth-order valence-corrected chi connectivity index (χ4v) is 1.65. The zero-order chi connectivity index (χ0) is 14.3. The van der Waals surface area contributed by atoms with Crippen molar-refractivity contribution in [3.63, 3.8) is 0 Å². The molecule has 0 saturated carbocycles. The van der Waals surface area contributed by atoms with Crippen molar-refractivity contribution in [1.82, 2.24) is 10.2 Å². The Morgan fingerprint density at radius 3 is 2.79 bits per heavy atom. The fourth-order valence-electron chi connectivity index (χ4n) is 1.65. The Labute approximate surface area is 113 Å². The van der Waals surface area contributed by atoms with Crippen LogP contribution in [0, 0.1) is 5.82 Å². The molecule has 1 N–H and O–H groups in total. The molecule has 1 aromatic rings. The normalized spacial score (nSPS) is 10.3. The summed E-state index contributed by atoms with van der Waals surface area (Å²) in [7, 11) is 3.19. The van der Waals surface area contributed by atoms with E-state index in [0.29, 0.717) is 19.5 Å². The van der Waals surface area contributed by atoms with Gasteiger partial charge in [-0.1, -0.05) is 13.0 Å². The van der Waals surface area contributed by atoms with E-state index in [9.17, 15) is 9.18 Å². The molecule has 1 rings (SSSR count). The lowest BCUT2D eigenvalue weighted by Gasteiger charge is -2.17. The summed E-state index contributed by atoms with van der Waals surface area (Å²) in [5, 5.41) is 2.98. The number of amides is 1. The van der Waals surface area contributed by atoms with Crippen LogP contribution in [0.15, 0.2) is 18.2 Å². The summed E-state index contributed by atoms with van der Waals surface area (Å²) >= 11 is 0. The molecule has 0 unspecified atom stereocenters. The zero-order valence-corrected chi connectivity index (χ0v) is 11.7. The lowest BCUT2D eigenvalue weighted by molar-refractivity contribution is -0.128. The first kappa shape index (κ1) is 15.4. The second kappa shape index (κ2) is 7.74. The highest BCUT2D eigenvalue weighted by Crippen LogP contribution is 2.17. The highest BCUT2D eigenvalue weighted by Gasteiger charge is 2.09. The average Bonchev–Trinajstić information content (AvgIpc) is 2.42. The van der Waals surface area contributed by atoms with Gasteiger partial charge in [-0.2, -0.15) is 0 Å². The van der Waals surface area contributed by atoms with Crippen LogP contribution in [0.5, 0.6) is 5.75 Å². The van der Waals surface area contributed by atoms with Gasteiger partial charge >= 0.3 is 0 Å². The number of halogens is 1. The van der Waals surface area contributed by atoms with Gasteiger partial charge in [0.1, 0.15) is 0 Å². The van der Waals surface area contributed by atoms with Crippen molar-refractivity contribution in [2.45, 2.75) is 13.3 Å². The molecule has 0 aromatic heterocycles. The van der Waals surface area contributed by atoms with Crippen molar-refractivity contribution < 1.29 is 13.9 Å². The minimum Gasteiger partial charge on any atom is -0.494 e. The van der Waals surface area contributed by atoms with E-state index in [-0.39, 0.29) is 17.5 Å². The van der Waals surface area contributed by atoms with Gasteiger partial charge < -0.3 is 15.0 Å². The molecule has 4 nitrogen and oxygen atoms in total. The van der Waals surface area contributed by atoms with Crippen molar-refractivity contribution in [3.8, 4) is 5.75 Å². The number of nitrogens with one attached hydrogen (secondary N) is 1. The average molecular weight is 268 g/mol. The van der Waals surface area contributed by atoms with E-state index in [1.807, 2.05) is 13.0 Å². The first-order valence-corrected chi connectivity index (χ1v) is 6.35. The molecular formula is C14H21FN2O2. The Bertz CT molecular complexity index is 424. The number of nitrogens with zero attached hydrogens (tertiary/aromatic N) is 1. The molecular weight excluding hydrogens is 247 g/mol. The molecule has 19 heavy (non-hydrogen) atoms. The molecule has 1 amide bonds. The van der Waals surface area contributed by atoms with E-state index in [1.165, 1.54) is 13.2 Å². The van der Waals surface area contributed by atoms with Gasteiger partial charge in [-0.25, -0.2) is 4.39 Å². The molecule has 0 aliphatic heterocycles. The second-order valence-electron chi connectivity index (χ2n) is 4.31. The van der Waals surface area contributed by atoms with E-state index in [1.54, 1.807) is 18.0 Å². The summed E-state index contributed by atoms with van der Waals surface area (Å²) < 4.78 is 18.3. The standard InChI is InChI=1S/C14H21FN2O2/c1-4-16-10-14(18)17(2)8-7-11-5-6-13(19-3)12(15)9-11/h5-6,9,16H,4,7-8,10H2,1-3H3. The van der Waals surface area contributed by atoms with Crippen LogP contribution in [0.1, 0.15) is 12.5 Å². The van der Waals surface area contributed by atoms with Crippen LogP contribution in [-0.4, -0.2) is 44.6 Å². The quantitative estimate of drug-likeness (QED) is 0.813. The molecule has 0 spiro atoms. The van der Waals surface area contributed by atoms with Crippen molar-refractivity contribution in [1.29, 1.82) is 0 Å². The van der Waals surface area contributed by atoms with Crippen molar-refractivity contribution in [2.75, 3.05) is 33.8 Å². The maximum atomic E-state index is 13.5. The Kier molecular flexibility index (Phi) is 6.29. The number of benzene rings is 1. The smallest absolute Gasteiger partial charge is 0.236 e. The molecule has 0 aliphatic carbocycles. The van der Waals surface area contributed by atoms with Gasteiger partial charge in [-0.05, 0) is 30.7 Å². The number of carbonyl (C=O) groups is 1. The van der Waals surface area contributed by atoms with Gasteiger partial charge in [0.15, 0.2) is 11.6 Å². The number of likely N-dealkylation sites (N-methyl/N-ethyl adjacent to an activating group) is 2. The first-order chi connectivity index (χ1) is 9.08. The lowest BCUT2D eigenvalue weighted by atomic mass is 10.1. The van der Waals surface area contributed by atoms with Crippen molar-refractivity contribution in [3.05, 3.63) is 29.6 Å². The van der Waals surface area contributed by atoms with Crippen molar-refractivity contribution in [2.24, 2.45) is 0 Å². The molecule has 0 fully saturated rings. The molecule has 0 atom stereocenters. The predicted octanol–water partition coefficient (Wildman–Crippen LogP) is 1.44. The monoisotopic (exact) mass is 268 g/mol. The third-order valence-corrected chi connectivity index (χ3v) is 2.90. The van der Waals surface area contributed by atoms with Crippen LogP contribution in [0.25, 0.3) is 0 Å². The maximum Gasteiger partial charge on any atom is 0.236 e. The molecule has 0 aliphatic rings. The van der Waals surface area contributed by atoms with Crippen LogP contribution >= 0.6 is 0 Å². The Morgan fingerprint density at radius 2 is 2.21 bits per heavy atom. The number of ether oxygens (including phenoxy) is 1. The van der Waals surface area contributed by atoms with Gasteiger partial charge in [0.2, 0.25) is 5.91 Å². The molecule has 0 bridgehead atoms.